The fourth-order valence-electron chi connectivity index (χ4n) is 5.92. The summed E-state index contributed by atoms with van der Waals surface area (Å²) in [5.74, 6) is -0.414. The van der Waals surface area contributed by atoms with E-state index in [1.54, 1.807) is 0 Å². The van der Waals surface area contributed by atoms with Gasteiger partial charge in [-0.05, 0) is 96.3 Å². The van der Waals surface area contributed by atoms with Crippen molar-refractivity contribution < 1.29 is 43.0 Å². The number of aliphatic hydroxyl groups is 2. The summed E-state index contributed by atoms with van der Waals surface area (Å²) in [6, 6.07) is 0. The summed E-state index contributed by atoms with van der Waals surface area (Å²) >= 11 is 0. The van der Waals surface area contributed by atoms with E-state index in [-0.39, 0.29) is 13.0 Å². The van der Waals surface area contributed by atoms with E-state index >= 15 is 0 Å². The average Bonchev–Trinajstić information content (AvgIpc) is 3.25. The summed E-state index contributed by atoms with van der Waals surface area (Å²) in [5, 5.41) is 18.4. The molecule has 10 heteroatoms. The van der Waals surface area contributed by atoms with E-state index in [2.05, 4.69) is 111 Å². The third kappa shape index (κ3) is 46.7. The lowest BCUT2D eigenvalue weighted by Crippen LogP contribution is -2.29. The van der Waals surface area contributed by atoms with E-state index in [1.807, 2.05) is 0 Å². The van der Waals surface area contributed by atoms with E-state index in [1.165, 1.54) is 51.4 Å². The van der Waals surface area contributed by atoms with Gasteiger partial charge in [0.05, 0.1) is 26.4 Å². The molecule has 0 bridgehead atoms. The van der Waals surface area contributed by atoms with Gasteiger partial charge in [0.2, 0.25) is 0 Å². The van der Waals surface area contributed by atoms with Crippen LogP contribution in [0.2, 0.25) is 0 Å². The fraction of sp³-hybridized carbons (Fsp3) is 0.667. The van der Waals surface area contributed by atoms with Gasteiger partial charge < -0.3 is 24.6 Å². The molecule has 0 aromatic rings. The topological polar surface area (TPSA) is 132 Å². The van der Waals surface area contributed by atoms with Crippen LogP contribution in [0.4, 0.5) is 0 Å². The summed E-state index contributed by atoms with van der Waals surface area (Å²) < 4.78 is 33.4. The molecule has 3 N–H and O–H groups in total. The average molecular weight is 875 g/mol. The number of unbranched alkanes of at least 4 members (excludes halogenated alkanes) is 14. The predicted molar refractivity (Wildman–Crippen MR) is 255 cm³/mol. The van der Waals surface area contributed by atoms with Crippen LogP contribution in [-0.4, -0.2) is 66.3 Å². The summed E-state index contributed by atoms with van der Waals surface area (Å²) in [6.07, 6.45) is 59.3. The smallest absolute Gasteiger partial charge is 0.457 e. The Morgan fingerprint density at radius 2 is 0.934 bits per heavy atom. The lowest BCUT2D eigenvalue weighted by Gasteiger charge is -2.20. The Morgan fingerprint density at radius 1 is 0.525 bits per heavy atom. The van der Waals surface area contributed by atoms with Crippen LogP contribution in [0.25, 0.3) is 0 Å². The molecule has 0 heterocycles. The maximum atomic E-state index is 12.7. The molecule has 9 nitrogen and oxygen atoms in total. The number of rotatable bonds is 44. The maximum Gasteiger partial charge on any atom is 0.472 e. The first-order valence-electron chi connectivity index (χ1n) is 23.7. The lowest BCUT2D eigenvalue weighted by atomic mass is 10.1. The predicted octanol–water partition coefficient (Wildman–Crippen LogP) is 13.6. The molecule has 0 amide bonds. The number of esters is 1. The van der Waals surface area contributed by atoms with Crippen molar-refractivity contribution >= 4 is 13.8 Å². The number of carbonyl (C=O) groups is 1. The van der Waals surface area contributed by atoms with Crippen molar-refractivity contribution in [2.75, 3.05) is 33.0 Å². The molecule has 0 saturated carbocycles. The Labute approximate surface area is 372 Å². The van der Waals surface area contributed by atoms with Crippen molar-refractivity contribution in [2.24, 2.45) is 0 Å². The molecule has 0 fully saturated rings. The van der Waals surface area contributed by atoms with Gasteiger partial charge in [0.15, 0.2) is 0 Å². The first-order valence-corrected chi connectivity index (χ1v) is 25.2. The highest BCUT2D eigenvalue weighted by Crippen LogP contribution is 2.43. The third-order valence-corrected chi connectivity index (χ3v) is 10.5. The molecular formula is C51H87O9P. The van der Waals surface area contributed by atoms with E-state index in [4.69, 9.17) is 23.6 Å². The number of ether oxygens (including phenoxy) is 2. The van der Waals surface area contributed by atoms with Gasteiger partial charge in [0, 0.05) is 13.0 Å². The van der Waals surface area contributed by atoms with Crippen LogP contribution in [-0.2, 0) is 27.9 Å². The highest BCUT2D eigenvalue weighted by molar-refractivity contribution is 7.47. The third-order valence-electron chi connectivity index (χ3n) is 9.50. The quantitative estimate of drug-likeness (QED) is 0.0237. The minimum Gasteiger partial charge on any atom is -0.457 e. The number of aliphatic hydroxyl groups excluding tert-OH is 2. The van der Waals surface area contributed by atoms with E-state index in [0.717, 1.165) is 96.3 Å². The van der Waals surface area contributed by atoms with Crippen LogP contribution in [0.15, 0.2) is 97.2 Å². The number of allylic oxidation sites excluding steroid dienone is 16. The summed E-state index contributed by atoms with van der Waals surface area (Å²) in [5.41, 5.74) is 0. The van der Waals surface area contributed by atoms with Crippen molar-refractivity contribution in [1.82, 2.24) is 0 Å². The Balaban J connectivity index is 4.24. The number of phosphoric ester groups is 1. The first kappa shape index (κ1) is 58.4. The minimum absolute atomic E-state index is 0.0251. The molecule has 0 aliphatic rings. The van der Waals surface area contributed by atoms with E-state index in [0.29, 0.717) is 13.0 Å². The zero-order valence-corrected chi connectivity index (χ0v) is 39.2. The molecule has 3 unspecified atom stereocenters. The van der Waals surface area contributed by atoms with E-state index in [9.17, 15) is 19.4 Å². The molecule has 0 spiro atoms. The van der Waals surface area contributed by atoms with Gasteiger partial charge >= 0.3 is 13.8 Å². The normalized spacial score (nSPS) is 14.8. The molecule has 0 aromatic heterocycles. The van der Waals surface area contributed by atoms with E-state index < -0.39 is 45.8 Å². The zero-order valence-electron chi connectivity index (χ0n) is 38.3. The minimum atomic E-state index is -4.54. The first-order chi connectivity index (χ1) is 29.8. The Bertz CT molecular complexity index is 1270. The van der Waals surface area contributed by atoms with Crippen LogP contribution in [0.5, 0.6) is 0 Å². The molecule has 0 rings (SSSR count). The van der Waals surface area contributed by atoms with Gasteiger partial charge in [-0.2, -0.15) is 0 Å². The molecule has 0 radical (unpaired) electrons. The lowest BCUT2D eigenvalue weighted by molar-refractivity contribution is -0.154. The van der Waals surface area contributed by atoms with Crippen LogP contribution < -0.4 is 0 Å². The second-order valence-electron chi connectivity index (χ2n) is 15.4. The fourth-order valence-corrected chi connectivity index (χ4v) is 6.71. The maximum absolute atomic E-state index is 12.7. The van der Waals surface area contributed by atoms with Gasteiger partial charge in [-0.25, -0.2) is 4.57 Å². The molecule has 0 aromatic carbocycles. The number of hydrogen-bond acceptors (Lipinski definition) is 8. The van der Waals surface area contributed by atoms with Crippen molar-refractivity contribution in [3.05, 3.63) is 97.2 Å². The summed E-state index contributed by atoms with van der Waals surface area (Å²) in [6.45, 7) is 3.31. The van der Waals surface area contributed by atoms with Crippen molar-refractivity contribution in [2.45, 2.75) is 187 Å². The number of hydrogen-bond donors (Lipinski definition) is 3. The zero-order chi connectivity index (χ0) is 44.6. The second kappa shape index (κ2) is 46.9. The number of phosphoric acid groups is 1. The van der Waals surface area contributed by atoms with Crippen LogP contribution in [0.1, 0.15) is 174 Å². The highest BCUT2D eigenvalue weighted by Gasteiger charge is 2.26. The van der Waals surface area contributed by atoms with Gasteiger partial charge in [-0.3, -0.25) is 13.8 Å². The largest absolute Gasteiger partial charge is 0.472 e. The SMILES string of the molecule is CC/C=C\C/C=C\C/C=C\C/C=C\C/C=C\C/C=C\CCCCCCC(=O)OC(COCCCCCCCC/C=C\C/C=C\CCCCCC)COP(=O)(O)OCC(O)CO. The summed E-state index contributed by atoms with van der Waals surface area (Å²) in [7, 11) is -4.54. The molecule has 61 heavy (non-hydrogen) atoms. The van der Waals surface area contributed by atoms with Gasteiger partial charge in [0.25, 0.3) is 0 Å². The Morgan fingerprint density at radius 3 is 1.41 bits per heavy atom. The molecule has 350 valence electrons. The number of carbonyl (C=O) groups excluding carboxylic acids is 1. The van der Waals surface area contributed by atoms with Crippen LogP contribution >= 0.6 is 7.82 Å². The Hall–Kier alpha value is -2.62. The van der Waals surface area contributed by atoms with Crippen molar-refractivity contribution in [3.8, 4) is 0 Å². The monoisotopic (exact) mass is 875 g/mol. The second-order valence-corrected chi connectivity index (χ2v) is 16.8. The highest BCUT2D eigenvalue weighted by atomic mass is 31.2. The van der Waals surface area contributed by atoms with Gasteiger partial charge in [-0.15, -0.1) is 0 Å². The molecule has 0 aliphatic carbocycles. The standard InChI is InChI=1S/C51H87O9P/c1-3-5-7-9-11-13-15-17-19-21-22-23-24-25-26-27-29-31-33-35-37-39-41-43-51(54)60-50(48-59-61(55,56)58-46-49(53)45-52)47-57-44-42-40-38-36-34-32-30-28-20-18-16-14-12-10-8-6-4-2/h5,7,11,13-14,16-17,19-20,22-23,25-26,28-29,31,49-50,52-53H,3-4,6,8-10,12,15,18,21,24,27,30,32-48H2,1-2H3,(H,55,56)/b7-5-,13-11-,16-14-,19-17-,23-22-,26-25-,28-20-,31-29-. The van der Waals surface area contributed by atoms with Crippen molar-refractivity contribution in [3.63, 3.8) is 0 Å². The van der Waals surface area contributed by atoms with Gasteiger partial charge in [0.1, 0.15) is 12.2 Å². The molecule has 3 atom stereocenters. The van der Waals surface area contributed by atoms with Gasteiger partial charge in [-0.1, -0.05) is 169 Å². The van der Waals surface area contributed by atoms with Crippen molar-refractivity contribution in [1.29, 1.82) is 0 Å². The molecule has 0 saturated heterocycles. The molecular weight excluding hydrogens is 788 g/mol. The van der Waals surface area contributed by atoms with Crippen LogP contribution in [0, 0.1) is 0 Å². The molecule has 0 aliphatic heterocycles. The van der Waals surface area contributed by atoms with Crippen LogP contribution in [0.3, 0.4) is 0 Å². The Kier molecular flexibility index (Phi) is 44.9. The summed E-state index contributed by atoms with van der Waals surface area (Å²) in [4.78, 5) is 22.6.